The molecule has 0 aliphatic carbocycles. The van der Waals surface area contributed by atoms with E-state index in [1.54, 1.807) is 24.3 Å². The van der Waals surface area contributed by atoms with E-state index < -0.39 is 4.92 Å². The standard InChI is InChI=1S/C28H35N5O3/c1-28(2,3)21-11-9-20(10-12-21)24-19-23(26(30-24)22-7-5-6-8-25(22)33(35)36)27(34)29-13-14-32-17-15-31(4)16-18-32/h5-12,19,30H,13-18H2,1-4H3,(H,29,34). The van der Waals surface area contributed by atoms with Gasteiger partial charge in [0.2, 0.25) is 0 Å². The Labute approximate surface area is 212 Å². The number of carbonyl (C=O) groups excluding carboxylic acids is 1. The molecule has 1 aliphatic rings. The number of rotatable bonds is 7. The largest absolute Gasteiger partial charge is 0.354 e. The molecular formula is C28H35N5O3. The van der Waals surface area contributed by atoms with Crippen molar-refractivity contribution in [3.8, 4) is 22.5 Å². The molecule has 4 rings (SSSR count). The zero-order valence-electron chi connectivity index (χ0n) is 21.5. The minimum atomic E-state index is -0.414. The average Bonchev–Trinajstić information content (AvgIpc) is 3.30. The number of nitro groups is 1. The zero-order chi connectivity index (χ0) is 25.9. The van der Waals surface area contributed by atoms with Crippen LogP contribution < -0.4 is 5.32 Å². The lowest BCUT2D eigenvalue weighted by Gasteiger charge is -2.32. The summed E-state index contributed by atoms with van der Waals surface area (Å²) in [5.74, 6) is -0.244. The number of likely N-dealkylation sites (N-methyl/N-ethyl adjacent to an activating group) is 1. The second-order valence-corrected chi connectivity index (χ2v) is 10.5. The van der Waals surface area contributed by atoms with Crippen molar-refractivity contribution in [2.75, 3.05) is 46.3 Å². The van der Waals surface area contributed by atoms with Gasteiger partial charge in [-0.15, -0.1) is 0 Å². The number of nitrogens with one attached hydrogen (secondary N) is 2. The molecule has 2 aromatic carbocycles. The number of hydrogen-bond acceptors (Lipinski definition) is 5. The summed E-state index contributed by atoms with van der Waals surface area (Å²) >= 11 is 0. The third-order valence-corrected chi connectivity index (χ3v) is 6.80. The fourth-order valence-electron chi connectivity index (χ4n) is 4.49. The Morgan fingerprint density at radius 1 is 1.06 bits per heavy atom. The molecule has 36 heavy (non-hydrogen) atoms. The first-order valence-electron chi connectivity index (χ1n) is 12.4. The van der Waals surface area contributed by atoms with E-state index in [0.29, 0.717) is 23.4 Å². The van der Waals surface area contributed by atoms with Gasteiger partial charge in [0.25, 0.3) is 11.6 Å². The van der Waals surface area contributed by atoms with Crippen molar-refractivity contribution in [2.45, 2.75) is 26.2 Å². The molecule has 0 spiro atoms. The topological polar surface area (TPSA) is 94.5 Å². The first-order chi connectivity index (χ1) is 17.1. The minimum Gasteiger partial charge on any atom is -0.354 e. The molecule has 0 radical (unpaired) electrons. The normalized spacial score (nSPS) is 15.1. The maximum atomic E-state index is 13.3. The number of aromatic nitrogens is 1. The number of hydrogen-bond donors (Lipinski definition) is 2. The molecule has 2 N–H and O–H groups in total. The summed E-state index contributed by atoms with van der Waals surface area (Å²) in [6.45, 7) is 11.8. The summed E-state index contributed by atoms with van der Waals surface area (Å²) in [4.78, 5) is 32.6. The van der Waals surface area contributed by atoms with E-state index in [9.17, 15) is 14.9 Å². The molecule has 190 valence electrons. The van der Waals surface area contributed by atoms with E-state index in [1.165, 1.54) is 11.6 Å². The van der Waals surface area contributed by atoms with Crippen LogP contribution in [0.25, 0.3) is 22.5 Å². The van der Waals surface area contributed by atoms with Crippen LogP contribution in [0, 0.1) is 10.1 Å². The number of amides is 1. The Bertz CT molecular complexity index is 1220. The molecule has 8 heteroatoms. The van der Waals surface area contributed by atoms with Crippen molar-refractivity contribution in [1.82, 2.24) is 20.1 Å². The molecule has 8 nitrogen and oxygen atoms in total. The Balaban J connectivity index is 1.62. The van der Waals surface area contributed by atoms with E-state index in [0.717, 1.165) is 44.0 Å². The van der Waals surface area contributed by atoms with Crippen LogP contribution in [-0.4, -0.2) is 71.9 Å². The number of nitro benzene ring substituents is 1. The van der Waals surface area contributed by atoms with Crippen LogP contribution >= 0.6 is 0 Å². The zero-order valence-corrected chi connectivity index (χ0v) is 21.5. The second kappa shape index (κ2) is 10.6. The first-order valence-corrected chi connectivity index (χ1v) is 12.4. The Morgan fingerprint density at radius 3 is 2.36 bits per heavy atom. The van der Waals surface area contributed by atoms with Crippen LogP contribution in [0.2, 0.25) is 0 Å². The summed E-state index contributed by atoms with van der Waals surface area (Å²) < 4.78 is 0. The number of piperazine rings is 1. The number of nitrogens with zero attached hydrogens (tertiary/aromatic N) is 3. The third kappa shape index (κ3) is 5.83. The van der Waals surface area contributed by atoms with E-state index in [2.05, 4.69) is 60.1 Å². The number of para-hydroxylation sites is 1. The van der Waals surface area contributed by atoms with Gasteiger partial charge in [-0.1, -0.05) is 57.2 Å². The van der Waals surface area contributed by atoms with E-state index in [4.69, 9.17) is 0 Å². The van der Waals surface area contributed by atoms with Crippen molar-refractivity contribution in [2.24, 2.45) is 0 Å². The van der Waals surface area contributed by atoms with E-state index >= 15 is 0 Å². The van der Waals surface area contributed by atoms with Crippen molar-refractivity contribution in [1.29, 1.82) is 0 Å². The van der Waals surface area contributed by atoms with E-state index in [-0.39, 0.29) is 17.0 Å². The molecule has 1 amide bonds. The number of carbonyl (C=O) groups is 1. The van der Waals surface area contributed by atoms with Gasteiger partial charge in [-0.3, -0.25) is 19.8 Å². The van der Waals surface area contributed by atoms with Crippen LogP contribution in [0.4, 0.5) is 5.69 Å². The molecule has 0 saturated carbocycles. The number of H-pyrrole nitrogens is 1. The van der Waals surface area contributed by atoms with Gasteiger partial charge in [-0.25, -0.2) is 0 Å². The fraction of sp³-hybridized carbons (Fsp3) is 0.393. The smallest absolute Gasteiger partial charge is 0.278 e. The first kappa shape index (κ1) is 25.6. The van der Waals surface area contributed by atoms with Crippen molar-refractivity contribution < 1.29 is 9.72 Å². The molecule has 1 saturated heterocycles. The lowest BCUT2D eigenvalue weighted by Crippen LogP contribution is -2.46. The lowest BCUT2D eigenvalue weighted by atomic mass is 9.86. The molecule has 0 unspecified atom stereocenters. The van der Waals surface area contributed by atoms with Gasteiger partial charge in [0.15, 0.2) is 0 Å². The molecule has 0 bridgehead atoms. The van der Waals surface area contributed by atoms with Crippen LogP contribution in [0.5, 0.6) is 0 Å². The van der Waals surface area contributed by atoms with Gasteiger partial charge < -0.3 is 15.2 Å². The molecule has 1 aliphatic heterocycles. The summed E-state index contributed by atoms with van der Waals surface area (Å²) in [7, 11) is 2.11. The highest BCUT2D eigenvalue weighted by Crippen LogP contribution is 2.35. The Morgan fingerprint density at radius 2 is 1.72 bits per heavy atom. The van der Waals surface area contributed by atoms with Crippen molar-refractivity contribution in [3.05, 3.63) is 75.8 Å². The Hall–Kier alpha value is -3.49. The fourth-order valence-corrected chi connectivity index (χ4v) is 4.49. The number of benzene rings is 2. The Kier molecular flexibility index (Phi) is 7.56. The van der Waals surface area contributed by atoms with Crippen LogP contribution in [-0.2, 0) is 5.41 Å². The van der Waals surface area contributed by atoms with Crippen molar-refractivity contribution >= 4 is 11.6 Å². The third-order valence-electron chi connectivity index (χ3n) is 6.80. The highest BCUT2D eigenvalue weighted by Gasteiger charge is 2.24. The molecule has 1 aromatic heterocycles. The summed E-state index contributed by atoms with van der Waals surface area (Å²) in [6.07, 6.45) is 0. The van der Waals surface area contributed by atoms with Crippen molar-refractivity contribution in [3.63, 3.8) is 0 Å². The summed E-state index contributed by atoms with van der Waals surface area (Å²) in [5, 5.41) is 14.8. The van der Waals surface area contributed by atoms with Gasteiger partial charge in [0.1, 0.15) is 0 Å². The van der Waals surface area contributed by atoms with Crippen LogP contribution in [0.1, 0.15) is 36.7 Å². The summed E-state index contributed by atoms with van der Waals surface area (Å²) in [6, 6.07) is 16.5. The maximum Gasteiger partial charge on any atom is 0.278 e. The highest BCUT2D eigenvalue weighted by molar-refractivity contribution is 6.02. The molecular weight excluding hydrogens is 454 g/mol. The lowest BCUT2D eigenvalue weighted by molar-refractivity contribution is -0.384. The van der Waals surface area contributed by atoms with Gasteiger partial charge in [-0.05, 0) is 35.7 Å². The monoisotopic (exact) mass is 489 g/mol. The molecule has 0 atom stereocenters. The number of aromatic amines is 1. The second-order valence-electron chi connectivity index (χ2n) is 10.5. The molecule has 2 heterocycles. The quantitative estimate of drug-likeness (QED) is 0.376. The molecule has 1 fully saturated rings. The molecule has 3 aromatic rings. The van der Waals surface area contributed by atoms with E-state index in [1.807, 2.05) is 12.1 Å². The van der Waals surface area contributed by atoms with Gasteiger partial charge in [0.05, 0.1) is 21.7 Å². The minimum absolute atomic E-state index is 0.0267. The summed E-state index contributed by atoms with van der Waals surface area (Å²) in [5.41, 5.74) is 4.10. The van der Waals surface area contributed by atoms with Gasteiger partial charge in [-0.2, -0.15) is 0 Å². The maximum absolute atomic E-state index is 13.3. The highest BCUT2D eigenvalue weighted by atomic mass is 16.6. The van der Waals surface area contributed by atoms with Gasteiger partial charge >= 0.3 is 0 Å². The SMILES string of the molecule is CN1CCN(CCNC(=O)c2cc(-c3ccc(C(C)(C)C)cc3)[nH]c2-c2ccccc2[N+](=O)[O-])CC1. The predicted molar refractivity (Wildman–Crippen MR) is 143 cm³/mol. The predicted octanol–water partition coefficient (Wildman–Crippen LogP) is 4.53. The average molecular weight is 490 g/mol. The van der Waals surface area contributed by atoms with Crippen LogP contribution in [0.15, 0.2) is 54.6 Å². The van der Waals surface area contributed by atoms with Crippen LogP contribution in [0.3, 0.4) is 0 Å². The van der Waals surface area contributed by atoms with Gasteiger partial charge in [0, 0.05) is 51.0 Å².